The summed E-state index contributed by atoms with van der Waals surface area (Å²) < 4.78 is 19.3. The molecule has 0 rings (SSSR count). The summed E-state index contributed by atoms with van der Waals surface area (Å²) >= 11 is 0. The molecule has 0 aliphatic heterocycles. The van der Waals surface area contributed by atoms with Crippen LogP contribution in [0.15, 0.2) is 12.7 Å². The first-order chi connectivity index (χ1) is 4.70. The predicted molar refractivity (Wildman–Crippen MR) is 35.4 cm³/mol. The number of rotatable bonds is 5. The lowest BCUT2D eigenvalue weighted by Crippen LogP contribution is -2.19. The molecular weight excluding hydrogens is 152 g/mol. The van der Waals surface area contributed by atoms with Gasteiger partial charge in [0.2, 0.25) is 6.29 Å². The van der Waals surface area contributed by atoms with Crippen molar-refractivity contribution in [2.75, 3.05) is 6.61 Å². The standard InChI is InChI=1S/C5H10O4Si/c1-3-5(8-4-2)9-10(6)7/h3,5-6H,1,4H2,2H3. The smallest absolute Gasteiger partial charge is 0.511 e. The summed E-state index contributed by atoms with van der Waals surface area (Å²) in [6, 6.07) is 0. The van der Waals surface area contributed by atoms with Gasteiger partial charge in [-0.2, -0.15) is 0 Å². The summed E-state index contributed by atoms with van der Waals surface area (Å²) in [5.74, 6) is 0. The van der Waals surface area contributed by atoms with Crippen molar-refractivity contribution in [3.63, 3.8) is 0 Å². The van der Waals surface area contributed by atoms with Gasteiger partial charge in [-0.3, -0.25) is 4.46 Å². The molecule has 0 spiro atoms. The molecule has 0 saturated carbocycles. The molecule has 0 aliphatic carbocycles. The average Bonchev–Trinajstić information content (AvgIpc) is 1.86. The Morgan fingerprint density at radius 1 is 1.90 bits per heavy atom. The van der Waals surface area contributed by atoms with Crippen LogP contribution in [0.2, 0.25) is 0 Å². The number of ether oxygens (including phenoxy) is 1. The molecule has 10 heavy (non-hydrogen) atoms. The van der Waals surface area contributed by atoms with Gasteiger partial charge in [0.15, 0.2) is 0 Å². The third-order valence-corrected chi connectivity index (χ3v) is 1.17. The third kappa shape index (κ3) is 4.22. The Labute approximate surface area is 61.0 Å². The molecule has 1 unspecified atom stereocenters. The first-order valence-corrected chi connectivity index (χ1v) is 4.10. The Morgan fingerprint density at radius 3 is 2.80 bits per heavy atom. The van der Waals surface area contributed by atoms with Crippen LogP contribution < -0.4 is 0 Å². The van der Waals surface area contributed by atoms with Crippen molar-refractivity contribution >= 4 is 9.17 Å². The highest BCUT2D eigenvalue weighted by Gasteiger charge is 2.11. The SMILES string of the molecule is C=CC(OCC)O[Si](=O)O. The van der Waals surface area contributed by atoms with E-state index in [9.17, 15) is 4.46 Å². The van der Waals surface area contributed by atoms with Gasteiger partial charge in [-0.25, -0.2) is 0 Å². The average molecular weight is 162 g/mol. The summed E-state index contributed by atoms with van der Waals surface area (Å²) in [4.78, 5) is 8.28. The number of hydrogen-bond acceptors (Lipinski definition) is 3. The van der Waals surface area contributed by atoms with Crippen molar-refractivity contribution < 1.29 is 18.4 Å². The van der Waals surface area contributed by atoms with Gasteiger partial charge in [-0.15, -0.1) is 0 Å². The van der Waals surface area contributed by atoms with Crippen LogP contribution in [0, 0.1) is 0 Å². The maximum Gasteiger partial charge on any atom is 0.766 e. The van der Waals surface area contributed by atoms with E-state index in [-0.39, 0.29) is 0 Å². The first kappa shape index (κ1) is 9.32. The van der Waals surface area contributed by atoms with Crippen LogP contribution in [-0.2, 0) is 13.6 Å². The van der Waals surface area contributed by atoms with Crippen LogP contribution in [0.5, 0.6) is 0 Å². The minimum absolute atomic E-state index is 0.422. The van der Waals surface area contributed by atoms with Crippen LogP contribution in [0.1, 0.15) is 6.92 Å². The zero-order chi connectivity index (χ0) is 7.98. The van der Waals surface area contributed by atoms with Gasteiger partial charge in [0, 0.05) is 6.61 Å². The summed E-state index contributed by atoms with van der Waals surface area (Å²) in [5.41, 5.74) is 0. The molecule has 0 fully saturated rings. The van der Waals surface area contributed by atoms with Gasteiger partial charge in [0.05, 0.1) is 0 Å². The van der Waals surface area contributed by atoms with E-state index in [1.807, 2.05) is 0 Å². The normalized spacial score (nSPS) is 12.1. The van der Waals surface area contributed by atoms with Crippen LogP contribution >= 0.6 is 0 Å². The molecule has 0 amide bonds. The lowest BCUT2D eigenvalue weighted by atomic mass is 10.6. The van der Waals surface area contributed by atoms with E-state index in [1.54, 1.807) is 6.92 Å². The fourth-order valence-corrected chi connectivity index (χ4v) is 0.777. The molecule has 58 valence electrons. The van der Waals surface area contributed by atoms with Crippen molar-refractivity contribution in [2.45, 2.75) is 13.2 Å². The molecule has 4 nitrogen and oxygen atoms in total. The second-order valence-corrected chi connectivity index (χ2v) is 2.21. The molecule has 0 saturated heterocycles. The predicted octanol–water partition coefficient (Wildman–Crippen LogP) is -0.0407. The number of hydrogen-bond donors (Lipinski definition) is 1. The van der Waals surface area contributed by atoms with E-state index < -0.39 is 15.5 Å². The lowest BCUT2D eigenvalue weighted by Gasteiger charge is -2.10. The van der Waals surface area contributed by atoms with E-state index >= 15 is 0 Å². The summed E-state index contributed by atoms with van der Waals surface area (Å²) in [6.45, 7) is 5.53. The Kier molecular flexibility index (Phi) is 4.78. The van der Waals surface area contributed by atoms with E-state index in [0.29, 0.717) is 6.61 Å². The maximum absolute atomic E-state index is 10.1. The zero-order valence-electron chi connectivity index (χ0n) is 5.74. The van der Waals surface area contributed by atoms with Crippen molar-refractivity contribution in [1.29, 1.82) is 0 Å². The molecule has 0 aromatic heterocycles. The molecule has 0 heterocycles. The van der Waals surface area contributed by atoms with Crippen molar-refractivity contribution in [2.24, 2.45) is 0 Å². The molecule has 0 bridgehead atoms. The summed E-state index contributed by atoms with van der Waals surface area (Å²) in [5, 5.41) is 0. The fourth-order valence-electron chi connectivity index (χ4n) is 0.414. The summed E-state index contributed by atoms with van der Waals surface area (Å²) in [6.07, 6.45) is 0.559. The van der Waals surface area contributed by atoms with Crippen LogP contribution in [-0.4, -0.2) is 26.9 Å². The molecule has 0 aliphatic rings. The molecule has 0 aromatic carbocycles. The summed E-state index contributed by atoms with van der Waals surface area (Å²) in [7, 11) is -2.91. The van der Waals surface area contributed by atoms with Crippen molar-refractivity contribution in [3.8, 4) is 0 Å². The fraction of sp³-hybridized carbons (Fsp3) is 0.600. The topological polar surface area (TPSA) is 55.8 Å². The van der Waals surface area contributed by atoms with Crippen molar-refractivity contribution in [3.05, 3.63) is 12.7 Å². The highest BCUT2D eigenvalue weighted by atomic mass is 28.3. The van der Waals surface area contributed by atoms with Gasteiger partial charge in [0.1, 0.15) is 0 Å². The largest absolute Gasteiger partial charge is 0.766 e. The van der Waals surface area contributed by atoms with E-state index in [1.165, 1.54) is 6.08 Å². The molecule has 5 heteroatoms. The maximum atomic E-state index is 10.1. The molecule has 0 radical (unpaired) electrons. The molecule has 1 N–H and O–H groups in total. The molecule has 1 atom stereocenters. The molecule has 0 aromatic rings. The monoisotopic (exact) mass is 162 g/mol. The van der Waals surface area contributed by atoms with Gasteiger partial charge >= 0.3 is 9.17 Å². The highest BCUT2D eigenvalue weighted by Crippen LogP contribution is 1.93. The van der Waals surface area contributed by atoms with Crippen LogP contribution in [0.25, 0.3) is 0 Å². The Hall–Kier alpha value is -0.683. The Balaban J connectivity index is 3.59. The third-order valence-electron chi connectivity index (χ3n) is 0.740. The van der Waals surface area contributed by atoms with Crippen LogP contribution in [0.4, 0.5) is 0 Å². The minimum atomic E-state index is -2.91. The second kappa shape index (κ2) is 5.13. The highest BCUT2D eigenvalue weighted by molar-refractivity contribution is 6.24. The van der Waals surface area contributed by atoms with E-state index in [0.717, 1.165) is 0 Å². The van der Waals surface area contributed by atoms with Crippen molar-refractivity contribution in [1.82, 2.24) is 0 Å². The second-order valence-electron chi connectivity index (χ2n) is 1.44. The Bertz CT molecular complexity index is 125. The molecular formula is C5H10O4Si. The van der Waals surface area contributed by atoms with Gasteiger partial charge in [-0.1, -0.05) is 6.58 Å². The zero-order valence-corrected chi connectivity index (χ0v) is 6.74. The van der Waals surface area contributed by atoms with Gasteiger partial charge in [0.25, 0.3) is 0 Å². The Morgan fingerprint density at radius 2 is 2.50 bits per heavy atom. The van der Waals surface area contributed by atoms with E-state index in [4.69, 9.17) is 9.53 Å². The van der Waals surface area contributed by atoms with Gasteiger partial charge in [-0.05, 0) is 13.0 Å². The lowest BCUT2D eigenvalue weighted by molar-refractivity contribution is -0.0550. The van der Waals surface area contributed by atoms with Crippen LogP contribution in [0.3, 0.4) is 0 Å². The minimum Gasteiger partial charge on any atom is -0.511 e. The quantitative estimate of drug-likeness (QED) is 0.350. The van der Waals surface area contributed by atoms with Gasteiger partial charge < -0.3 is 14.0 Å². The van der Waals surface area contributed by atoms with E-state index in [2.05, 4.69) is 11.0 Å². The first-order valence-electron chi connectivity index (χ1n) is 2.84.